The number of hydrogen-bond acceptors (Lipinski definition) is 5. The minimum absolute atomic E-state index is 0.00852. The van der Waals surface area contributed by atoms with E-state index in [9.17, 15) is 20.0 Å². The first-order valence-corrected chi connectivity index (χ1v) is 4.97. The number of alkyl halides is 3. The van der Waals surface area contributed by atoms with Gasteiger partial charge in [0.15, 0.2) is 6.20 Å². The Hall–Kier alpha value is -1.31. The van der Waals surface area contributed by atoms with Crippen LogP contribution >= 0.6 is 34.8 Å². The molecule has 0 radical (unpaired) electrons. The molecular formula is C7H6Cl3N3O4. The fourth-order valence-corrected chi connectivity index (χ4v) is 0.542. The van der Waals surface area contributed by atoms with Crippen LogP contribution in [-0.2, 0) is 4.79 Å². The predicted octanol–water partition coefficient (Wildman–Crippen LogP) is 0.0976. The number of nitrogens with one attached hydrogen (secondary N) is 1. The van der Waals surface area contributed by atoms with Crippen LogP contribution in [0, 0.1) is 10.1 Å². The highest BCUT2D eigenvalue weighted by molar-refractivity contribution is 6.75. The van der Waals surface area contributed by atoms with Crippen LogP contribution in [0.1, 0.15) is 0 Å². The third-order valence-electron chi connectivity index (χ3n) is 1.26. The van der Waals surface area contributed by atoms with E-state index in [0.29, 0.717) is 5.82 Å². The average Bonchev–Trinajstić information content (AvgIpc) is 2.17. The van der Waals surface area contributed by atoms with E-state index in [1.807, 2.05) is 0 Å². The summed E-state index contributed by atoms with van der Waals surface area (Å²) < 4.78 is -2.28. The number of aliphatic carboxylic acids is 1. The highest BCUT2D eigenvalue weighted by atomic mass is 35.6. The molecule has 0 unspecified atom stereocenters. The monoisotopic (exact) mass is 301 g/mol. The van der Waals surface area contributed by atoms with Crippen molar-refractivity contribution in [3.63, 3.8) is 0 Å². The van der Waals surface area contributed by atoms with Crippen molar-refractivity contribution < 1.29 is 19.8 Å². The lowest BCUT2D eigenvalue weighted by Gasteiger charge is -2.09. The Balaban J connectivity index is 0.000000325. The van der Waals surface area contributed by atoms with Crippen LogP contribution in [0.25, 0.3) is 0 Å². The fraction of sp³-hybridized carbons (Fsp3) is 0.143. The number of carbonyl (C=O) groups excluding carboxylic acids is 1. The summed E-state index contributed by atoms with van der Waals surface area (Å²) in [6.07, 6.45) is 1.25. The van der Waals surface area contributed by atoms with Gasteiger partial charge in [-0.15, -0.1) is 0 Å². The van der Waals surface area contributed by atoms with Crippen molar-refractivity contribution in [3.8, 4) is 0 Å². The molecule has 0 bridgehead atoms. The molecule has 0 aliphatic carbocycles. The number of pyridine rings is 1. The second-order valence-electron chi connectivity index (χ2n) is 2.54. The van der Waals surface area contributed by atoms with Crippen LogP contribution in [0.4, 0.5) is 11.5 Å². The maximum Gasteiger partial charge on any atom is 0.308 e. The van der Waals surface area contributed by atoms with Crippen LogP contribution < -0.4 is 15.8 Å². The standard InChI is InChI=1S/C5H5N3O2.C2HCl3O2/c6-5-2-1-4(3-7-5)8(9)10;3-2(4,5)1(6)7/h1-3H,(H2,6,7);(H,6,7). The molecule has 0 aliphatic rings. The first kappa shape index (κ1) is 15.7. The van der Waals surface area contributed by atoms with E-state index in [2.05, 4.69) is 4.98 Å². The summed E-state index contributed by atoms with van der Waals surface area (Å²) in [6.45, 7) is 0. The van der Waals surface area contributed by atoms with E-state index >= 15 is 0 Å². The maximum atomic E-state index is 10.1. The summed E-state index contributed by atoms with van der Waals surface area (Å²) >= 11 is 14.2. The van der Waals surface area contributed by atoms with Gasteiger partial charge < -0.3 is 9.90 Å². The number of rotatable bonds is 1. The van der Waals surface area contributed by atoms with Crippen LogP contribution in [0.15, 0.2) is 18.3 Å². The van der Waals surface area contributed by atoms with E-state index in [0.717, 1.165) is 0 Å². The molecular weight excluding hydrogens is 296 g/mol. The summed E-state index contributed by atoms with van der Waals surface area (Å²) in [5.41, 5.74) is 5.26. The lowest BCUT2D eigenvalue weighted by Crippen LogP contribution is -2.35. The number of hydrogen-bond donors (Lipinski definition) is 1. The average molecular weight is 303 g/mol. The smallest absolute Gasteiger partial charge is 0.308 e. The van der Waals surface area contributed by atoms with Gasteiger partial charge in [0.2, 0.25) is 3.79 Å². The topological polar surface area (TPSA) is 123 Å². The van der Waals surface area contributed by atoms with Gasteiger partial charge >= 0.3 is 5.69 Å². The summed E-state index contributed by atoms with van der Waals surface area (Å²) in [6, 6.07) is 2.78. The van der Waals surface area contributed by atoms with E-state index in [1.165, 1.54) is 18.3 Å². The zero-order chi connectivity index (χ0) is 13.6. The summed E-state index contributed by atoms with van der Waals surface area (Å²) in [5.74, 6) is -1.30. The number of nitro groups is 1. The summed E-state index contributed by atoms with van der Waals surface area (Å²) in [5, 5.41) is 19.6. The van der Waals surface area contributed by atoms with Crippen molar-refractivity contribution in [3.05, 3.63) is 28.4 Å². The molecule has 1 rings (SSSR count). The largest absolute Gasteiger partial charge is 0.545 e. The van der Waals surface area contributed by atoms with Crippen molar-refractivity contribution in [1.29, 1.82) is 0 Å². The number of nitrogen functional groups attached to an aromatic ring is 1. The quantitative estimate of drug-likeness (QED) is 0.447. The molecule has 0 fully saturated rings. The Morgan fingerprint density at radius 3 is 2.12 bits per heavy atom. The number of nitrogens with zero attached hydrogens (tertiary/aromatic N) is 1. The van der Waals surface area contributed by atoms with Crippen LogP contribution in [-0.4, -0.2) is 14.7 Å². The number of carboxylic acids is 1. The maximum absolute atomic E-state index is 10.1. The van der Waals surface area contributed by atoms with Gasteiger partial charge in [-0.2, -0.15) is 0 Å². The SMILES string of the molecule is Nc1ccc([N+](=O)[O-])c[nH+]1.O=C([O-])C(Cl)(Cl)Cl. The van der Waals surface area contributed by atoms with Crippen molar-refractivity contribution in [1.82, 2.24) is 0 Å². The lowest BCUT2D eigenvalue weighted by atomic mass is 10.4. The normalized spacial score (nSPS) is 10.1. The van der Waals surface area contributed by atoms with Gasteiger partial charge in [-0.1, -0.05) is 34.8 Å². The van der Waals surface area contributed by atoms with E-state index in [-0.39, 0.29) is 5.69 Å². The molecule has 94 valence electrons. The molecule has 0 spiro atoms. The number of anilines is 1. The van der Waals surface area contributed by atoms with Crippen molar-refractivity contribution >= 4 is 52.3 Å². The van der Waals surface area contributed by atoms with E-state index < -0.39 is 14.7 Å². The lowest BCUT2D eigenvalue weighted by molar-refractivity contribution is -0.413. The summed E-state index contributed by atoms with van der Waals surface area (Å²) in [7, 11) is 0. The first-order valence-electron chi connectivity index (χ1n) is 3.84. The van der Waals surface area contributed by atoms with Gasteiger partial charge in [-0.3, -0.25) is 15.8 Å². The number of carboxylic acid groups (broad SMARTS) is 1. The number of H-pyrrole nitrogens is 1. The number of aromatic amines is 1. The van der Waals surface area contributed by atoms with Gasteiger partial charge in [0, 0.05) is 12.1 Å². The second kappa shape index (κ2) is 6.43. The van der Waals surface area contributed by atoms with Crippen molar-refractivity contribution in [2.75, 3.05) is 5.73 Å². The van der Waals surface area contributed by atoms with Crippen molar-refractivity contribution in [2.45, 2.75) is 3.79 Å². The third kappa shape index (κ3) is 6.77. The minimum Gasteiger partial charge on any atom is -0.545 e. The molecule has 1 aromatic rings. The Morgan fingerprint density at radius 1 is 1.41 bits per heavy atom. The molecule has 0 aliphatic heterocycles. The highest BCUT2D eigenvalue weighted by Crippen LogP contribution is 2.24. The van der Waals surface area contributed by atoms with Gasteiger partial charge in [-0.25, -0.2) is 4.98 Å². The second-order valence-corrected chi connectivity index (χ2v) is 4.83. The first-order chi connectivity index (χ1) is 7.64. The Bertz CT molecular complexity index is 404. The van der Waals surface area contributed by atoms with Crippen molar-refractivity contribution in [2.24, 2.45) is 0 Å². The molecule has 17 heavy (non-hydrogen) atoms. The molecule has 0 amide bonds. The number of aromatic nitrogens is 1. The number of carbonyl (C=O) groups is 1. The number of halogens is 3. The number of nitrogens with two attached hydrogens (primary N) is 1. The fourth-order valence-electron chi connectivity index (χ4n) is 0.542. The zero-order valence-electron chi connectivity index (χ0n) is 8.02. The van der Waals surface area contributed by atoms with Crippen LogP contribution in [0.5, 0.6) is 0 Å². The molecule has 3 N–H and O–H groups in total. The van der Waals surface area contributed by atoms with E-state index in [1.54, 1.807) is 0 Å². The Labute approximate surface area is 110 Å². The Morgan fingerprint density at radius 2 is 1.88 bits per heavy atom. The predicted molar refractivity (Wildman–Crippen MR) is 59.4 cm³/mol. The molecule has 0 aromatic carbocycles. The van der Waals surface area contributed by atoms with Gasteiger partial charge in [0.25, 0.3) is 5.82 Å². The highest BCUT2D eigenvalue weighted by Gasteiger charge is 2.20. The van der Waals surface area contributed by atoms with Crippen LogP contribution in [0.2, 0.25) is 0 Å². The molecule has 0 atom stereocenters. The third-order valence-corrected chi connectivity index (χ3v) is 1.73. The minimum atomic E-state index is -2.28. The molecule has 10 heteroatoms. The van der Waals surface area contributed by atoms with E-state index in [4.69, 9.17) is 40.5 Å². The molecule has 1 heterocycles. The van der Waals surface area contributed by atoms with Gasteiger partial charge in [0.1, 0.15) is 0 Å². The molecule has 1 aromatic heterocycles. The molecule has 7 nitrogen and oxygen atoms in total. The van der Waals surface area contributed by atoms with Gasteiger partial charge in [0.05, 0.1) is 10.9 Å². The molecule has 0 saturated heterocycles. The summed E-state index contributed by atoms with van der Waals surface area (Å²) in [4.78, 5) is 21.6. The molecule has 0 saturated carbocycles. The van der Waals surface area contributed by atoms with Crippen LogP contribution in [0.3, 0.4) is 0 Å². The Kier molecular flexibility index (Phi) is 5.94. The van der Waals surface area contributed by atoms with Gasteiger partial charge in [-0.05, 0) is 0 Å². The zero-order valence-corrected chi connectivity index (χ0v) is 10.3.